The van der Waals surface area contributed by atoms with Crippen molar-refractivity contribution in [3.8, 4) is 6.07 Å². The van der Waals surface area contributed by atoms with Crippen LogP contribution in [0.5, 0.6) is 0 Å². The van der Waals surface area contributed by atoms with Gasteiger partial charge in [-0.15, -0.1) is 0 Å². The zero-order valence-corrected chi connectivity index (χ0v) is 16.3. The Bertz CT molecular complexity index is 1060. The Balaban J connectivity index is 1.91. The molecule has 0 radical (unpaired) electrons. The second-order valence-corrected chi connectivity index (χ2v) is 6.86. The molecule has 1 aliphatic carbocycles. The molecule has 0 spiro atoms. The molecule has 1 saturated carbocycles. The van der Waals surface area contributed by atoms with E-state index in [4.69, 9.17) is 5.26 Å². The van der Waals surface area contributed by atoms with Gasteiger partial charge in [0.2, 0.25) is 0 Å². The Hall–Kier alpha value is -3.68. The summed E-state index contributed by atoms with van der Waals surface area (Å²) in [4.78, 5) is 29.3. The molecule has 7 nitrogen and oxygen atoms in total. The quantitative estimate of drug-likeness (QED) is 0.708. The van der Waals surface area contributed by atoms with Crippen molar-refractivity contribution < 1.29 is 27.2 Å². The first-order valence-corrected chi connectivity index (χ1v) is 9.25. The zero-order chi connectivity index (χ0) is 22.8. The van der Waals surface area contributed by atoms with Gasteiger partial charge in [-0.05, 0) is 43.5 Å². The first-order chi connectivity index (χ1) is 14.7. The maximum Gasteiger partial charge on any atom is 0.419 e. The summed E-state index contributed by atoms with van der Waals surface area (Å²) in [6, 6.07) is 4.58. The van der Waals surface area contributed by atoms with Crippen LogP contribution < -0.4 is 15.5 Å². The molecule has 0 atom stereocenters. The number of aromatic nitrogens is 1. The van der Waals surface area contributed by atoms with Crippen molar-refractivity contribution in [2.75, 3.05) is 17.3 Å². The van der Waals surface area contributed by atoms with Crippen LogP contribution in [0.25, 0.3) is 0 Å². The number of benzene rings is 1. The molecule has 2 N–H and O–H groups in total. The largest absolute Gasteiger partial charge is 0.419 e. The number of pyridine rings is 1. The van der Waals surface area contributed by atoms with Gasteiger partial charge in [0.15, 0.2) is 5.69 Å². The van der Waals surface area contributed by atoms with Crippen LogP contribution in [0.2, 0.25) is 0 Å². The molecule has 0 aliphatic heterocycles. The van der Waals surface area contributed by atoms with E-state index in [1.165, 1.54) is 30.1 Å². The van der Waals surface area contributed by atoms with Crippen molar-refractivity contribution in [1.29, 1.82) is 5.26 Å². The molecule has 162 valence electrons. The summed E-state index contributed by atoms with van der Waals surface area (Å²) < 4.78 is 53.9. The van der Waals surface area contributed by atoms with Crippen LogP contribution in [0.4, 0.5) is 33.7 Å². The van der Waals surface area contributed by atoms with Crippen molar-refractivity contribution in [1.82, 2.24) is 10.3 Å². The van der Waals surface area contributed by atoms with Crippen molar-refractivity contribution >= 4 is 23.3 Å². The minimum atomic E-state index is -4.83. The lowest BCUT2D eigenvalue weighted by Crippen LogP contribution is -2.46. The fraction of sp³-hybridized carbons (Fsp3) is 0.300. The van der Waals surface area contributed by atoms with E-state index in [0.717, 1.165) is 18.7 Å². The standard InChI is InChI=1S/C20H17F4N5O2/c1-26-18(30)14-6-5-13(8-16(14)21)29(12-3-2-4-12)19(31)28-11-7-15(20(22,23)24)17(9-25)27-10-11/h5-8,10,12H,2-4H2,1H3,(H,26,30)(H,28,31). The summed E-state index contributed by atoms with van der Waals surface area (Å²) >= 11 is 0. The molecule has 0 bridgehead atoms. The van der Waals surface area contributed by atoms with Crippen molar-refractivity contribution in [3.05, 3.63) is 53.1 Å². The maximum atomic E-state index is 14.4. The van der Waals surface area contributed by atoms with Crippen LogP contribution in [-0.4, -0.2) is 30.0 Å². The van der Waals surface area contributed by atoms with E-state index < -0.39 is 35.2 Å². The number of nitrogens with one attached hydrogen (secondary N) is 2. The van der Waals surface area contributed by atoms with Gasteiger partial charge in [0, 0.05) is 18.8 Å². The molecule has 31 heavy (non-hydrogen) atoms. The SMILES string of the molecule is CNC(=O)c1ccc(N(C(=O)Nc2cnc(C#N)c(C(F)(F)F)c2)C2CCC2)cc1F. The van der Waals surface area contributed by atoms with Gasteiger partial charge in [-0.2, -0.15) is 18.4 Å². The molecule has 11 heteroatoms. The second kappa shape index (κ2) is 8.59. The van der Waals surface area contributed by atoms with Gasteiger partial charge in [-0.1, -0.05) is 0 Å². The lowest BCUT2D eigenvalue weighted by molar-refractivity contribution is -0.138. The number of urea groups is 1. The summed E-state index contributed by atoms with van der Waals surface area (Å²) in [5.41, 5.74) is -2.39. The first kappa shape index (κ1) is 22.0. The minimum absolute atomic E-state index is 0.157. The number of anilines is 2. The number of amides is 3. The number of carbonyl (C=O) groups is 2. The topological polar surface area (TPSA) is 98.1 Å². The van der Waals surface area contributed by atoms with Crippen LogP contribution in [0.1, 0.15) is 40.9 Å². The third kappa shape index (κ3) is 4.58. The molecule has 1 heterocycles. The summed E-state index contributed by atoms with van der Waals surface area (Å²) in [5, 5.41) is 13.5. The van der Waals surface area contributed by atoms with Crippen molar-refractivity contribution in [2.45, 2.75) is 31.5 Å². The van der Waals surface area contributed by atoms with Crippen molar-refractivity contribution in [2.24, 2.45) is 0 Å². The molecule has 2 aromatic rings. The van der Waals surface area contributed by atoms with E-state index in [9.17, 15) is 27.2 Å². The van der Waals surface area contributed by atoms with Crippen LogP contribution in [0.3, 0.4) is 0 Å². The van der Waals surface area contributed by atoms with E-state index in [-0.39, 0.29) is 23.0 Å². The van der Waals surface area contributed by atoms with Gasteiger partial charge in [0.25, 0.3) is 5.91 Å². The number of rotatable bonds is 4. The monoisotopic (exact) mass is 435 g/mol. The Morgan fingerprint density at radius 1 is 1.26 bits per heavy atom. The fourth-order valence-corrected chi connectivity index (χ4v) is 3.13. The Morgan fingerprint density at radius 2 is 1.97 bits per heavy atom. The van der Waals surface area contributed by atoms with E-state index in [2.05, 4.69) is 15.6 Å². The zero-order valence-electron chi connectivity index (χ0n) is 16.3. The van der Waals surface area contributed by atoms with Gasteiger partial charge < -0.3 is 10.6 Å². The maximum absolute atomic E-state index is 14.4. The molecule has 3 amide bonds. The minimum Gasteiger partial charge on any atom is -0.355 e. The second-order valence-electron chi connectivity index (χ2n) is 6.86. The summed E-state index contributed by atoms with van der Waals surface area (Å²) in [5.74, 6) is -1.47. The van der Waals surface area contributed by atoms with Gasteiger partial charge in [-0.3, -0.25) is 9.69 Å². The Morgan fingerprint density at radius 3 is 2.48 bits per heavy atom. The number of nitrogens with zero attached hydrogens (tertiary/aromatic N) is 3. The predicted molar refractivity (Wildman–Crippen MR) is 103 cm³/mol. The summed E-state index contributed by atoms with van der Waals surface area (Å²) in [6.45, 7) is 0. The van der Waals surface area contributed by atoms with Gasteiger partial charge >= 0.3 is 12.2 Å². The highest BCUT2D eigenvalue weighted by Gasteiger charge is 2.36. The highest BCUT2D eigenvalue weighted by molar-refractivity contribution is 6.03. The van der Waals surface area contributed by atoms with Crippen molar-refractivity contribution in [3.63, 3.8) is 0 Å². The van der Waals surface area contributed by atoms with Gasteiger partial charge in [-0.25, -0.2) is 14.2 Å². The van der Waals surface area contributed by atoms with Gasteiger partial charge in [0.05, 0.1) is 23.0 Å². The highest BCUT2D eigenvalue weighted by Crippen LogP contribution is 2.34. The van der Waals surface area contributed by atoms with E-state index in [1.807, 2.05) is 0 Å². The highest BCUT2D eigenvalue weighted by atomic mass is 19.4. The average Bonchev–Trinajstić information content (AvgIpc) is 2.69. The Kier molecular flexibility index (Phi) is 6.10. The Labute approximate surface area is 174 Å². The number of hydrogen-bond acceptors (Lipinski definition) is 4. The van der Waals surface area contributed by atoms with E-state index in [0.29, 0.717) is 18.9 Å². The molecular formula is C20H17F4N5O2. The summed E-state index contributed by atoms with van der Waals surface area (Å²) in [7, 11) is 1.35. The van der Waals surface area contributed by atoms with Crippen LogP contribution >= 0.6 is 0 Å². The van der Waals surface area contributed by atoms with Gasteiger partial charge in [0.1, 0.15) is 11.9 Å². The van der Waals surface area contributed by atoms with Crippen LogP contribution in [0, 0.1) is 17.1 Å². The normalized spacial score (nSPS) is 13.7. The average molecular weight is 435 g/mol. The third-order valence-corrected chi connectivity index (χ3v) is 4.91. The number of halogens is 4. The third-order valence-electron chi connectivity index (χ3n) is 4.91. The predicted octanol–water partition coefficient (Wildman–Crippen LogP) is 4.06. The first-order valence-electron chi connectivity index (χ1n) is 9.25. The molecule has 3 rings (SSSR count). The fourth-order valence-electron chi connectivity index (χ4n) is 3.13. The summed E-state index contributed by atoms with van der Waals surface area (Å²) in [6.07, 6.45) is -1.79. The molecule has 0 unspecified atom stereocenters. The molecule has 1 fully saturated rings. The molecule has 1 aromatic carbocycles. The molecule has 1 aromatic heterocycles. The number of nitriles is 1. The van der Waals surface area contributed by atoms with Crippen LogP contribution in [0.15, 0.2) is 30.5 Å². The molecular weight excluding hydrogens is 418 g/mol. The molecule has 1 aliphatic rings. The lowest BCUT2D eigenvalue weighted by Gasteiger charge is -2.37. The van der Waals surface area contributed by atoms with Crippen LogP contribution in [-0.2, 0) is 6.18 Å². The molecule has 0 saturated heterocycles. The lowest BCUT2D eigenvalue weighted by atomic mass is 9.91. The van der Waals surface area contributed by atoms with E-state index in [1.54, 1.807) is 0 Å². The number of alkyl halides is 3. The number of carbonyl (C=O) groups excluding carboxylic acids is 2. The van der Waals surface area contributed by atoms with E-state index >= 15 is 0 Å². The number of hydrogen-bond donors (Lipinski definition) is 2. The smallest absolute Gasteiger partial charge is 0.355 e.